The van der Waals surface area contributed by atoms with Crippen molar-refractivity contribution in [3.8, 4) is 5.75 Å². The van der Waals surface area contributed by atoms with Gasteiger partial charge in [0.25, 0.3) is 0 Å². The van der Waals surface area contributed by atoms with Crippen LogP contribution < -0.4 is 4.74 Å². The van der Waals surface area contributed by atoms with Crippen LogP contribution >= 0.6 is 0 Å². The van der Waals surface area contributed by atoms with Gasteiger partial charge in [-0.1, -0.05) is 0 Å². The van der Waals surface area contributed by atoms with Gasteiger partial charge in [-0.25, -0.2) is 0 Å². The fraction of sp³-hybridized carbons (Fsp3) is 0.609. The molecule has 3 heterocycles. The number of methoxy groups -OCH3 is 1. The van der Waals surface area contributed by atoms with Gasteiger partial charge >= 0.3 is 0 Å². The first-order valence-corrected chi connectivity index (χ1v) is 10.9. The molecule has 0 aliphatic carbocycles. The zero-order chi connectivity index (χ0) is 20.2. The van der Waals surface area contributed by atoms with Crippen molar-refractivity contribution in [1.29, 1.82) is 0 Å². The molecule has 0 unspecified atom stereocenters. The molecule has 0 spiro atoms. The fourth-order valence-electron chi connectivity index (χ4n) is 4.65. The van der Waals surface area contributed by atoms with Gasteiger partial charge in [0.1, 0.15) is 12.3 Å². The quantitative estimate of drug-likeness (QED) is 0.749. The first-order chi connectivity index (χ1) is 14.2. The molecular formula is C23H33N3O3. The SMILES string of the molecule is COc1ccc2c(c1)c(CCN1CCOCC1)c(C)n2CC(=O)N1CCCCC1. The van der Waals surface area contributed by atoms with Crippen LogP contribution in [-0.2, 0) is 22.5 Å². The summed E-state index contributed by atoms with van der Waals surface area (Å²) in [6.45, 7) is 9.02. The summed E-state index contributed by atoms with van der Waals surface area (Å²) in [7, 11) is 1.71. The van der Waals surface area contributed by atoms with E-state index in [2.05, 4.69) is 28.5 Å². The number of hydrogen-bond acceptors (Lipinski definition) is 4. The molecule has 0 N–H and O–H groups in total. The van der Waals surface area contributed by atoms with Crippen molar-refractivity contribution >= 4 is 16.8 Å². The van der Waals surface area contributed by atoms with Crippen LogP contribution in [0.4, 0.5) is 0 Å². The Balaban J connectivity index is 1.60. The van der Waals surface area contributed by atoms with Gasteiger partial charge in [-0.3, -0.25) is 9.69 Å². The maximum Gasteiger partial charge on any atom is 0.242 e. The molecule has 0 saturated carbocycles. The molecule has 0 radical (unpaired) electrons. The fourth-order valence-corrected chi connectivity index (χ4v) is 4.65. The normalized spacial score (nSPS) is 18.3. The summed E-state index contributed by atoms with van der Waals surface area (Å²) in [5.74, 6) is 1.10. The number of rotatable bonds is 6. The summed E-state index contributed by atoms with van der Waals surface area (Å²) in [6.07, 6.45) is 4.46. The average Bonchev–Trinajstić information content (AvgIpc) is 3.03. The molecular weight excluding hydrogens is 366 g/mol. The Kier molecular flexibility index (Phi) is 6.40. The van der Waals surface area contributed by atoms with Crippen LogP contribution in [-0.4, -0.2) is 73.3 Å². The van der Waals surface area contributed by atoms with Crippen molar-refractivity contribution in [1.82, 2.24) is 14.4 Å². The number of hydrogen-bond donors (Lipinski definition) is 0. The molecule has 6 heteroatoms. The highest BCUT2D eigenvalue weighted by Crippen LogP contribution is 2.30. The predicted molar refractivity (Wildman–Crippen MR) is 115 cm³/mol. The Bertz CT molecular complexity index is 849. The van der Waals surface area contributed by atoms with Gasteiger partial charge in [0, 0.05) is 49.3 Å². The summed E-state index contributed by atoms with van der Waals surface area (Å²) in [4.78, 5) is 17.5. The first-order valence-electron chi connectivity index (χ1n) is 10.9. The van der Waals surface area contributed by atoms with Crippen molar-refractivity contribution in [3.05, 3.63) is 29.5 Å². The number of nitrogens with zero attached hydrogens (tertiary/aromatic N) is 3. The molecule has 0 atom stereocenters. The second-order valence-corrected chi connectivity index (χ2v) is 8.18. The Morgan fingerprint density at radius 1 is 1.10 bits per heavy atom. The van der Waals surface area contributed by atoms with E-state index in [0.717, 1.165) is 76.5 Å². The van der Waals surface area contributed by atoms with Gasteiger partial charge < -0.3 is 18.9 Å². The smallest absolute Gasteiger partial charge is 0.242 e. The molecule has 1 aromatic heterocycles. The molecule has 2 saturated heterocycles. The summed E-state index contributed by atoms with van der Waals surface area (Å²) in [6, 6.07) is 6.22. The number of ether oxygens (including phenoxy) is 2. The number of piperidine rings is 1. The molecule has 2 aliphatic heterocycles. The molecule has 1 aromatic carbocycles. The Labute approximate surface area is 173 Å². The molecule has 6 nitrogen and oxygen atoms in total. The highest BCUT2D eigenvalue weighted by molar-refractivity contribution is 5.89. The van der Waals surface area contributed by atoms with Gasteiger partial charge in [-0.05, 0) is 56.4 Å². The summed E-state index contributed by atoms with van der Waals surface area (Å²) in [5, 5.41) is 1.21. The topological polar surface area (TPSA) is 46.9 Å². The van der Waals surface area contributed by atoms with Gasteiger partial charge in [0.05, 0.1) is 20.3 Å². The number of carbonyl (C=O) groups excluding carboxylic acids is 1. The third-order valence-corrected chi connectivity index (χ3v) is 6.45. The molecule has 4 rings (SSSR count). The van der Waals surface area contributed by atoms with E-state index in [1.165, 1.54) is 23.1 Å². The molecule has 2 fully saturated rings. The van der Waals surface area contributed by atoms with Crippen molar-refractivity contribution in [3.63, 3.8) is 0 Å². The minimum atomic E-state index is 0.236. The van der Waals surface area contributed by atoms with E-state index in [4.69, 9.17) is 9.47 Å². The van der Waals surface area contributed by atoms with E-state index in [1.54, 1.807) is 7.11 Å². The maximum absolute atomic E-state index is 13.0. The molecule has 158 valence electrons. The van der Waals surface area contributed by atoms with Crippen LogP contribution in [0.5, 0.6) is 5.75 Å². The number of morpholine rings is 1. The Morgan fingerprint density at radius 2 is 1.86 bits per heavy atom. The zero-order valence-electron chi connectivity index (χ0n) is 17.8. The minimum absolute atomic E-state index is 0.236. The summed E-state index contributed by atoms with van der Waals surface area (Å²) < 4.78 is 13.2. The summed E-state index contributed by atoms with van der Waals surface area (Å²) in [5.41, 5.74) is 3.66. The molecule has 2 aromatic rings. The van der Waals surface area contributed by atoms with Crippen LogP contribution in [0.15, 0.2) is 18.2 Å². The third-order valence-electron chi connectivity index (χ3n) is 6.45. The largest absolute Gasteiger partial charge is 0.497 e. The van der Waals surface area contributed by atoms with Gasteiger partial charge in [-0.15, -0.1) is 0 Å². The van der Waals surface area contributed by atoms with E-state index in [9.17, 15) is 4.79 Å². The van der Waals surface area contributed by atoms with Crippen LogP contribution in [0.2, 0.25) is 0 Å². The Hall–Kier alpha value is -2.05. The molecule has 1 amide bonds. The number of carbonyl (C=O) groups is 1. The van der Waals surface area contributed by atoms with Gasteiger partial charge in [0.15, 0.2) is 0 Å². The predicted octanol–water partition coefficient (Wildman–Crippen LogP) is 2.85. The highest BCUT2D eigenvalue weighted by atomic mass is 16.5. The second-order valence-electron chi connectivity index (χ2n) is 8.18. The van der Waals surface area contributed by atoms with Crippen LogP contribution in [0, 0.1) is 6.92 Å². The number of benzene rings is 1. The molecule has 2 aliphatic rings. The van der Waals surface area contributed by atoms with Crippen molar-refractivity contribution in [2.75, 3.05) is 53.0 Å². The zero-order valence-corrected chi connectivity index (χ0v) is 17.8. The Morgan fingerprint density at radius 3 is 2.59 bits per heavy atom. The molecule has 0 bridgehead atoms. The summed E-state index contributed by atoms with van der Waals surface area (Å²) >= 11 is 0. The highest BCUT2D eigenvalue weighted by Gasteiger charge is 2.21. The van der Waals surface area contributed by atoms with E-state index >= 15 is 0 Å². The van der Waals surface area contributed by atoms with E-state index in [-0.39, 0.29) is 5.91 Å². The lowest BCUT2D eigenvalue weighted by atomic mass is 10.1. The lowest BCUT2D eigenvalue weighted by Crippen LogP contribution is -2.38. The minimum Gasteiger partial charge on any atom is -0.497 e. The van der Waals surface area contributed by atoms with Crippen LogP contribution in [0.3, 0.4) is 0 Å². The van der Waals surface area contributed by atoms with E-state index < -0.39 is 0 Å². The standard InChI is InChI=1S/C23H33N3O3/c1-18-20(8-11-24-12-14-29-15-13-24)21-16-19(28-2)6-7-22(21)26(18)17-23(27)25-9-4-3-5-10-25/h6-7,16H,3-5,8-15,17H2,1-2H3. The number of amides is 1. The average molecular weight is 400 g/mol. The number of aromatic nitrogens is 1. The van der Waals surface area contributed by atoms with Gasteiger partial charge in [0.2, 0.25) is 5.91 Å². The lowest BCUT2D eigenvalue weighted by molar-refractivity contribution is -0.132. The third kappa shape index (κ3) is 4.43. The van der Waals surface area contributed by atoms with E-state index in [1.807, 2.05) is 11.0 Å². The molecule has 29 heavy (non-hydrogen) atoms. The van der Waals surface area contributed by atoms with Crippen LogP contribution in [0.25, 0.3) is 10.9 Å². The van der Waals surface area contributed by atoms with E-state index in [0.29, 0.717) is 6.54 Å². The number of likely N-dealkylation sites (tertiary alicyclic amines) is 1. The van der Waals surface area contributed by atoms with Gasteiger partial charge in [-0.2, -0.15) is 0 Å². The van der Waals surface area contributed by atoms with Crippen molar-refractivity contribution in [2.45, 2.75) is 39.2 Å². The van der Waals surface area contributed by atoms with Crippen molar-refractivity contribution in [2.24, 2.45) is 0 Å². The maximum atomic E-state index is 13.0. The second kappa shape index (κ2) is 9.18. The van der Waals surface area contributed by atoms with Crippen molar-refractivity contribution < 1.29 is 14.3 Å². The van der Waals surface area contributed by atoms with Crippen LogP contribution in [0.1, 0.15) is 30.5 Å². The monoisotopic (exact) mass is 399 g/mol. The lowest BCUT2D eigenvalue weighted by Gasteiger charge is -2.27. The number of fused-ring (bicyclic) bond motifs is 1. The first kappa shape index (κ1) is 20.2.